The van der Waals surface area contributed by atoms with Gasteiger partial charge in [0.15, 0.2) is 0 Å². The van der Waals surface area contributed by atoms with Crippen LogP contribution in [-0.2, 0) is 0 Å². The number of rotatable bonds is 3. The van der Waals surface area contributed by atoms with Gasteiger partial charge in [0.2, 0.25) is 0 Å². The van der Waals surface area contributed by atoms with Gasteiger partial charge < -0.3 is 10.0 Å². The highest BCUT2D eigenvalue weighted by molar-refractivity contribution is 5.58. The summed E-state index contributed by atoms with van der Waals surface area (Å²) in [7, 11) is 2.05. The molecule has 2 rings (SSSR count). The normalized spacial score (nSPS) is 17.1. The Kier molecular flexibility index (Phi) is 3.35. The Morgan fingerprint density at radius 1 is 1.47 bits per heavy atom. The molecule has 0 bridgehead atoms. The molecule has 3 nitrogen and oxygen atoms in total. The smallest absolute Gasteiger partial charge is 0.0992 e. The summed E-state index contributed by atoms with van der Waals surface area (Å²) in [5.41, 5.74) is 2.54. The first-order valence-electron chi connectivity index (χ1n) is 6.08. The molecule has 3 heteroatoms. The Bertz CT molecular complexity index is 444. The third-order valence-corrected chi connectivity index (χ3v) is 3.61. The minimum absolute atomic E-state index is 0.500. The second-order valence-electron chi connectivity index (χ2n) is 4.76. The molecular weight excluding hydrogens is 212 g/mol. The predicted molar refractivity (Wildman–Crippen MR) is 67.8 cm³/mol. The molecule has 90 valence electrons. The number of nitrogens with zero attached hydrogens (tertiary/aromatic N) is 2. The molecule has 1 saturated carbocycles. The Morgan fingerprint density at radius 3 is 2.65 bits per heavy atom. The van der Waals surface area contributed by atoms with Crippen LogP contribution in [0.2, 0.25) is 0 Å². The molecule has 1 N–H and O–H groups in total. The summed E-state index contributed by atoms with van der Waals surface area (Å²) in [6.07, 6.45) is 3.18. The minimum Gasteiger partial charge on any atom is -0.389 e. The largest absolute Gasteiger partial charge is 0.389 e. The van der Waals surface area contributed by atoms with E-state index >= 15 is 0 Å². The topological polar surface area (TPSA) is 47.3 Å². The average molecular weight is 230 g/mol. The fourth-order valence-electron chi connectivity index (χ4n) is 2.24. The Hall–Kier alpha value is -1.53. The van der Waals surface area contributed by atoms with E-state index in [2.05, 4.69) is 11.0 Å². The Balaban J connectivity index is 2.37. The lowest BCUT2D eigenvalue weighted by Crippen LogP contribution is -2.37. The van der Waals surface area contributed by atoms with Crippen molar-refractivity contribution >= 4 is 5.69 Å². The summed E-state index contributed by atoms with van der Waals surface area (Å²) in [5, 5.41) is 18.7. The second-order valence-corrected chi connectivity index (χ2v) is 4.76. The molecular formula is C14H18N2O. The third kappa shape index (κ3) is 2.27. The van der Waals surface area contributed by atoms with Crippen molar-refractivity contribution in [2.75, 3.05) is 11.9 Å². The molecule has 0 saturated heterocycles. The third-order valence-electron chi connectivity index (χ3n) is 3.61. The molecule has 1 fully saturated rings. The highest BCUT2D eigenvalue weighted by atomic mass is 16.3. The lowest BCUT2D eigenvalue weighted by Gasteiger charge is -2.37. The number of nitriles is 1. The first-order valence-corrected chi connectivity index (χ1v) is 6.08. The molecule has 1 aliphatic rings. The molecule has 0 amide bonds. The van der Waals surface area contributed by atoms with Crippen LogP contribution in [0.4, 0.5) is 5.69 Å². The van der Waals surface area contributed by atoms with Crippen molar-refractivity contribution in [3.05, 3.63) is 29.3 Å². The summed E-state index contributed by atoms with van der Waals surface area (Å²) in [5.74, 6) is 0. The zero-order chi connectivity index (χ0) is 12.4. The van der Waals surface area contributed by atoms with Crippen molar-refractivity contribution in [1.29, 1.82) is 5.26 Å². The van der Waals surface area contributed by atoms with Gasteiger partial charge in [0, 0.05) is 24.3 Å². The van der Waals surface area contributed by atoms with Crippen LogP contribution >= 0.6 is 0 Å². The SMILES string of the molecule is C[C@H](O)c1ccc(C#N)cc1N(C)C1CCC1. The van der Waals surface area contributed by atoms with Crippen molar-refractivity contribution in [1.82, 2.24) is 0 Å². The molecule has 0 unspecified atom stereocenters. The fourth-order valence-corrected chi connectivity index (χ4v) is 2.24. The van der Waals surface area contributed by atoms with Crippen LogP contribution in [0, 0.1) is 11.3 Å². The van der Waals surface area contributed by atoms with Crippen LogP contribution in [-0.4, -0.2) is 18.2 Å². The molecule has 1 aromatic rings. The number of aliphatic hydroxyl groups is 1. The van der Waals surface area contributed by atoms with Gasteiger partial charge in [-0.05, 0) is 38.3 Å². The van der Waals surface area contributed by atoms with Crippen molar-refractivity contribution in [2.24, 2.45) is 0 Å². The minimum atomic E-state index is -0.500. The van der Waals surface area contributed by atoms with Gasteiger partial charge in [-0.25, -0.2) is 0 Å². The maximum absolute atomic E-state index is 9.78. The standard InChI is InChI=1S/C14H18N2O/c1-10(17)13-7-6-11(9-15)8-14(13)16(2)12-4-3-5-12/h6-8,10,12,17H,3-5H2,1-2H3/t10-/m0/s1. The van der Waals surface area contributed by atoms with E-state index < -0.39 is 6.10 Å². The highest BCUT2D eigenvalue weighted by Gasteiger charge is 2.24. The van der Waals surface area contributed by atoms with Crippen LogP contribution in [0.15, 0.2) is 18.2 Å². The highest BCUT2D eigenvalue weighted by Crippen LogP contribution is 2.33. The van der Waals surface area contributed by atoms with Gasteiger partial charge in [-0.2, -0.15) is 5.26 Å². The molecule has 17 heavy (non-hydrogen) atoms. The summed E-state index contributed by atoms with van der Waals surface area (Å²) < 4.78 is 0. The van der Waals surface area contributed by atoms with Gasteiger partial charge in [0.25, 0.3) is 0 Å². The van der Waals surface area contributed by atoms with E-state index in [9.17, 15) is 5.11 Å². The van der Waals surface area contributed by atoms with Gasteiger partial charge in [-0.1, -0.05) is 6.07 Å². The second kappa shape index (κ2) is 4.77. The van der Waals surface area contributed by atoms with Crippen molar-refractivity contribution in [3.8, 4) is 6.07 Å². The number of benzene rings is 1. The van der Waals surface area contributed by atoms with Crippen LogP contribution in [0.5, 0.6) is 0 Å². The summed E-state index contributed by atoms with van der Waals surface area (Å²) in [6.45, 7) is 1.76. The fraction of sp³-hybridized carbons (Fsp3) is 0.500. The van der Waals surface area contributed by atoms with Gasteiger partial charge in [0.05, 0.1) is 17.7 Å². The summed E-state index contributed by atoms with van der Waals surface area (Å²) >= 11 is 0. The zero-order valence-electron chi connectivity index (χ0n) is 10.3. The van der Waals surface area contributed by atoms with Crippen LogP contribution < -0.4 is 4.90 Å². The quantitative estimate of drug-likeness (QED) is 0.868. The number of hydrogen-bond acceptors (Lipinski definition) is 3. The maximum Gasteiger partial charge on any atom is 0.0992 e. The molecule has 1 aliphatic carbocycles. The van der Waals surface area contributed by atoms with Crippen LogP contribution in [0.1, 0.15) is 43.4 Å². The molecule has 0 radical (unpaired) electrons. The molecule has 1 atom stereocenters. The monoisotopic (exact) mass is 230 g/mol. The van der Waals surface area contributed by atoms with Crippen LogP contribution in [0.25, 0.3) is 0 Å². The van der Waals surface area contributed by atoms with E-state index in [0.29, 0.717) is 11.6 Å². The Labute approximate surface area is 102 Å². The van der Waals surface area contributed by atoms with Gasteiger partial charge in [-0.3, -0.25) is 0 Å². The average Bonchev–Trinajstić information content (AvgIpc) is 2.25. The van der Waals surface area contributed by atoms with Gasteiger partial charge in [-0.15, -0.1) is 0 Å². The first-order chi connectivity index (χ1) is 8.13. The van der Waals surface area contributed by atoms with Gasteiger partial charge in [0.1, 0.15) is 0 Å². The molecule has 0 aromatic heterocycles. The van der Waals surface area contributed by atoms with Crippen molar-refractivity contribution < 1.29 is 5.11 Å². The van der Waals surface area contributed by atoms with Gasteiger partial charge >= 0.3 is 0 Å². The van der Waals surface area contributed by atoms with E-state index in [-0.39, 0.29) is 0 Å². The number of anilines is 1. The molecule has 0 heterocycles. The first kappa shape index (κ1) is 11.9. The van der Waals surface area contributed by atoms with Crippen molar-refractivity contribution in [3.63, 3.8) is 0 Å². The number of hydrogen-bond donors (Lipinski definition) is 1. The summed E-state index contributed by atoms with van der Waals surface area (Å²) in [4.78, 5) is 2.20. The molecule has 0 aliphatic heterocycles. The predicted octanol–water partition coefficient (Wildman–Crippen LogP) is 2.60. The maximum atomic E-state index is 9.78. The molecule has 0 spiro atoms. The zero-order valence-corrected chi connectivity index (χ0v) is 10.3. The van der Waals surface area contributed by atoms with E-state index in [1.54, 1.807) is 13.0 Å². The summed E-state index contributed by atoms with van der Waals surface area (Å²) in [6, 6.07) is 8.21. The Morgan fingerprint density at radius 2 is 2.18 bits per heavy atom. The van der Waals surface area contributed by atoms with E-state index in [1.807, 2.05) is 19.2 Å². The van der Waals surface area contributed by atoms with Crippen LogP contribution in [0.3, 0.4) is 0 Å². The van der Waals surface area contributed by atoms with E-state index in [0.717, 1.165) is 11.3 Å². The van der Waals surface area contributed by atoms with E-state index in [1.165, 1.54) is 19.3 Å². The lowest BCUT2D eigenvalue weighted by molar-refractivity contribution is 0.199. The van der Waals surface area contributed by atoms with Crippen molar-refractivity contribution in [2.45, 2.75) is 38.3 Å². The molecule has 1 aromatic carbocycles. The lowest BCUT2D eigenvalue weighted by atomic mass is 9.90. The van der Waals surface area contributed by atoms with E-state index in [4.69, 9.17) is 5.26 Å². The number of aliphatic hydroxyl groups excluding tert-OH is 1.